The number of fused-ring (bicyclic) bond motifs is 1. The Balaban J connectivity index is 1.95. The van der Waals surface area contributed by atoms with Crippen LogP contribution in [0.5, 0.6) is 17.2 Å². The van der Waals surface area contributed by atoms with Gasteiger partial charge in [0.2, 0.25) is 11.4 Å². The van der Waals surface area contributed by atoms with Crippen molar-refractivity contribution in [2.24, 2.45) is 5.92 Å². The molecule has 0 radical (unpaired) electrons. The Morgan fingerprint density at radius 2 is 1.91 bits per heavy atom. The number of ether oxygens (including phenoxy) is 2. The fourth-order valence-corrected chi connectivity index (χ4v) is 4.37. The van der Waals surface area contributed by atoms with Gasteiger partial charge in [0.15, 0.2) is 17.3 Å². The highest BCUT2D eigenvalue weighted by Gasteiger charge is 2.78. The number of carbonyl (C=O) groups excluding carboxylic acids is 1. The molecule has 1 spiro atoms. The third-order valence-electron chi connectivity index (χ3n) is 5.11. The summed E-state index contributed by atoms with van der Waals surface area (Å²) in [5.74, 6) is -2.85. The number of aromatic hydroxyl groups is 1. The molecule has 3 N–H and O–H groups in total. The standard InChI is InChI=1S/C17H18O6/c1-8-4-10(18)13-11(5-8)22-17(23-13)14-9(2)6-12(19)16(17,21)7-15(14,3)20/h4-6,14,18,20-21H,7H2,1-3H3/t14-,15-,16+,17+/m0/s1. The maximum absolute atomic E-state index is 12.5. The molecule has 6 heteroatoms. The molecule has 1 aliphatic heterocycles. The monoisotopic (exact) mass is 318 g/mol. The van der Waals surface area contributed by atoms with Gasteiger partial charge < -0.3 is 24.8 Å². The highest BCUT2D eigenvalue weighted by Crippen LogP contribution is 2.62. The van der Waals surface area contributed by atoms with Gasteiger partial charge in [-0.05, 0) is 44.5 Å². The van der Waals surface area contributed by atoms with Crippen molar-refractivity contribution in [3.63, 3.8) is 0 Å². The van der Waals surface area contributed by atoms with Crippen molar-refractivity contribution in [1.82, 2.24) is 0 Å². The van der Waals surface area contributed by atoms with Crippen LogP contribution in [0.15, 0.2) is 23.8 Å². The van der Waals surface area contributed by atoms with E-state index in [1.54, 1.807) is 26.8 Å². The van der Waals surface area contributed by atoms with Crippen LogP contribution in [0.2, 0.25) is 0 Å². The SMILES string of the molecule is CC1=CC(=O)[C@]2(O)C[C@](C)(O)[C@H]1[C@]21Oc2cc(C)cc(O)c2O1. The first kappa shape index (κ1) is 14.5. The lowest BCUT2D eigenvalue weighted by molar-refractivity contribution is -0.219. The molecule has 2 bridgehead atoms. The summed E-state index contributed by atoms with van der Waals surface area (Å²) in [6.45, 7) is 5.03. The van der Waals surface area contributed by atoms with Crippen molar-refractivity contribution in [2.45, 2.75) is 44.2 Å². The van der Waals surface area contributed by atoms with Crippen molar-refractivity contribution in [1.29, 1.82) is 0 Å². The average Bonchev–Trinajstić information content (AvgIpc) is 2.81. The van der Waals surface area contributed by atoms with E-state index in [2.05, 4.69) is 0 Å². The molecule has 122 valence electrons. The number of phenols is 1. The predicted molar refractivity (Wildman–Crippen MR) is 79.3 cm³/mol. The van der Waals surface area contributed by atoms with Crippen LogP contribution in [0.25, 0.3) is 0 Å². The Bertz CT molecular complexity index is 780. The van der Waals surface area contributed by atoms with Crippen molar-refractivity contribution in [3.05, 3.63) is 29.3 Å². The Morgan fingerprint density at radius 3 is 2.61 bits per heavy atom. The second-order valence-corrected chi connectivity index (χ2v) is 7.06. The summed E-state index contributed by atoms with van der Waals surface area (Å²) in [4.78, 5) is 12.5. The normalized spacial score (nSPS) is 40.7. The molecular formula is C17H18O6. The lowest BCUT2D eigenvalue weighted by Gasteiger charge is -2.42. The molecule has 0 amide bonds. The summed E-state index contributed by atoms with van der Waals surface area (Å²) in [7, 11) is 0. The summed E-state index contributed by atoms with van der Waals surface area (Å²) in [5, 5.41) is 31.9. The minimum Gasteiger partial charge on any atom is -0.504 e. The smallest absolute Gasteiger partial charge is 0.297 e. The van der Waals surface area contributed by atoms with Crippen LogP contribution in [0.4, 0.5) is 0 Å². The minimum atomic E-state index is -2.01. The van der Waals surface area contributed by atoms with E-state index in [0.717, 1.165) is 5.56 Å². The number of hydrogen-bond acceptors (Lipinski definition) is 6. The fraction of sp³-hybridized carbons (Fsp3) is 0.471. The largest absolute Gasteiger partial charge is 0.504 e. The quantitative estimate of drug-likeness (QED) is 0.665. The van der Waals surface area contributed by atoms with Crippen LogP contribution in [0, 0.1) is 12.8 Å². The lowest BCUT2D eigenvalue weighted by atomic mass is 9.77. The fourth-order valence-electron chi connectivity index (χ4n) is 4.37. The Kier molecular flexibility index (Phi) is 2.45. The minimum absolute atomic E-state index is 0.0826. The van der Waals surface area contributed by atoms with E-state index < -0.39 is 28.7 Å². The number of aliphatic hydroxyl groups is 2. The molecule has 6 nitrogen and oxygen atoms in total. The maximum Gasteiger partial charge on any atom is 0.297 e. The number of hydrogen-bond donors (Lipinski definition) is 3. The number of benzene rings is 1. The van der Waals surface area contributed by atoms with Crippen LogP contribution in [0.1, 0.15) is 25.8 Å². The zero-order chi connectivity index (χ0) is 16.8. The first-order valence-corrected chi connectivity index (χ1v) is 7.50. The number of carbonyl (C=O) groups is 1. The Labute approximate surface area is 133 Å². The summed E-state index contributed by atoms with van der Waals surface area (Å²) in [6.07, 6.45) is 1.13. The van der Waals surface area contributed by atoms with Gasteiger partial charge in [0.25, 0.3) is 5.79 Å². The molecule has 1 fully saturated rings. The maximum atomic E-state index is 12.5. The molecule has 2 aliphatic carbocycles. The molecule has 1 heterocycles. The highest BCUT2D eigenvalue weighted by molar-refractivity contribution is 6.01. The predicted octanol–water partition coefficient (Wildman–Crippen LogP) is 1.20. The Morgan fingerprint density at radius 1 is 1.22 bits per heavy atom. The van der Waals surface area contributed by atoms with Crippen molar-refractivity contribution < 1.29 is 29.6 Å². The van der Waals surface area contributed by atoms with Crippen molar-refractivity contribution in [3.8, 4) is 17.2 Å². The molecule has 0 aromatic heterocycles. The van der Waals surface area contributed by atoms with Crippen LogP contribution in [-0.4, -0.2) is 38.1 Å². The van der Waals surface area contributed by atoms with Crippen LogP contribution in [0.3, 0.4) is 0 Å². The summed E-state index contributed by atoms with van der Waals surface area (Å²) >= 11 is 0. The van der Waals surface area contributed by atoms with Gasteiger partial charge in [0.05, 0.1) is 11.5 Å². The average molecular weight is 318 g/mol. The molecule has 23 heavy (non-hydrogen) atoms. The highest BCUT2D eigenvalue weighted by atomic mass is 16.8. The zero-order valence-corrected chi connectivity index (χ0v) is 13.1. The van der Waals surface area contributed by atoms with Gasteiger partial charge in [-0.2, -0.15) is 0 Å². The number of rotatable bonds is 0. The van der Waals surface area contributed by atoms with Gasteiger partial charge in [-0.3, -0.25) is 4.79 Å². The zero-order valence-electron chi connectivity index (χ0n) is 13.1. The van der Waals surface area contributed by atoms with E-state index in [1.165, 1.54) is 12.1 Å². The molecule has 1 aromatic rings. The van der Waals surface area contributed by atoms with E-state index >= 15 is 0 Å². The van der Waals surface area contributed by atoms with Crippen molar-refractivity contribution in [2.75, 3.05) is 0 Å². The van der Waals surface area contributed by atoms with Gasteiger partial charge in [-0.25, -0.2) is 0 Å². The summed E-state index contributed by atoms with van der Waals surface area (Å²) < 4.78 is 11.8. The Hall–Kier alpha value is -2.05. The van der Waals surface area contributed by atoms with Crippen molar-refractivity contribution >= 4 is 5.78 Å². The van der Waals surface area contributed by atoms with E-state index in [4.69, 9.17) is 9.47 Å². The molecule has 3 aliphatic rings. The summed E-state index contributed by atoms with van der Waals surface area (Å²) in [5.41, 5.74) is -2.07. The molecule has 4 rings (SSSR count). The van der Waals surface area contributed by atoms with Gasteiger partial charge in [0.1, 0.15) is 0 Å². The van der Waals surface area contributed by atoms with E-state index in [9.17, 15) is 20.1 Å². The van der Waals surface area contributed by atoms with E-state index in [0.29, 0.717) is 5.57 Å². The van der Waals surface area contributed by atoms with Gasteiger partial charge in [0, 0.05) is 6.42 Å². The third kappa shape index (κ3) is 1.52. The van der Waals surface area contributed by atoms with Crippen LogP contribution >= 0.6 is 0 Å². The van der Waals surface area contributed by atoms with Gasteiger partial charge in [-0.15, -0.1) is 0 Å². The van der Waals surface area contributed by atoms with Gasteiger partial charge >= 0.3 is 0 Å². The molecule has 0 unspecified atom stereocenters. The second kappa shape index (κ2) is 3.88. The molecule has 1 aromatic carbocycles. The van der Waals surface area contributed by atoms with E-state index in [1.807, 2.05) is 0 Å². The summed E-state index contributed by atoms with van der Waals surface area (Å²) in [6, 6.07) is 3.18. The van der Waals surface area contributed by atoms with E-state index in [-0.39, 0.29) is 23.7 Å². The molecule has 4 atom stereocenters. The third-order valence-corrected chi connectivity index (χ3v) is 5.11. The lowest BCUT2D eigenvalue weighted by Crippen LogP contribution is -2.65. The number of aryl methyl sites for hydroxylation is 1. The first-order valence-electron chi connectivity index (χ1n) is 7.50. The van der Waals surface area contributed by atoms with Crippen LogP contribution in [-0.2, 0) is 4.79 Å². The first-order chi connectivity index (χ1) is 10.6. The van der Waals surface area contributed by atoms with Gasteiger partial charge in [-0.1, -0.05) is 5.57 Å². The molecule has 1 saturated carbocycles. The molecule has 0 saturated heterocycles. The second-order valence-electron chi connectivity index (χ2n) is 7.06. The van der Waals surface area contributed by atoms with Crippen LogP contribution < -0.4 is 9.47 Å². The number of phenolic OH excluding ortho intramolecular Hbond substituents is 1. The number of ketones is 1. The topological polar surface area (TPSA) is 96.2 Å². The molecular weight excluding hydrogens is 300 g/mol.